The number of nitrogen functional groups attached to an aromatic ring is 1. The number of piperidine rings is 1. The van der Waals surface area contributed by atoms with E-state index < -0.39 is 28.5 Å². The number of hydrogen-bond acceptors (Lipinski definition) is 8. The molecule has 2 saturated heterocycles. The van der Waals surface area contributed by atoms with Gasteiger partial charge in [0.2, 0.25) is 0 Å². The van der Waals surface area contributed by atoms with Gasteiger partial charge in [-0.15, -0.1) is 4.28 Å². The molecular weight excluding hydrogens is 294 g/mol. The molecule has 2 bridgehead atoms. The lowest BCUT2D eigenvalue weighted by Gasteiger charge is -2.27. The third-order valence-corrected chi connectivity index (χ3v) is 3.59. The van der Waals surface area contributed by atoms with Crippen LogP contribution in [-0.2, 0) is 14.7 Å². The van der Waals surface area contributed by atoms with E-state index in [0.29, 0.717) is 17.9 Å². The van der Waals surface area contributed by atoms with Crippen LogP contribution in [0, 0.1) is 0 Å². The van der Waals surface area contributed by atoms with Gasteiger partial charge < -0.3 is 15.2 Å². The van der Waals surface area contributed by atoms with Crippen molar-refractivity contribution >= 4 is 22.4 Å². The number of rotatable bonds is 3. The average Bonchev–Trinajstić information content (AvgIpc) is 2.88. The highest BCUT2D eigenvalue weighted by molar-refractivity contribution is 7.80. The van der Waals surface area contributed by atoms with Crippen molar-refractivity contribution in [3.63, 3.8) is 0 Å². The van der Waals surface area contributed by atoms with Crippen LogP contribution >= 0.6 is 0 Å². The van der Waals surface area contributed by atoms with Crippen LogP contribution < -0.4 is 5.73 Å². The number of anilines is 1. The third kappa shape index (κ3) is 2.17. The molecule has 3 heterocycles. The van der Waals surface area contributed by atoms with E-state index in [0.717, 1.165) is 0 Å². The summed E-state index contributed by atoms with van der Waals surface area (Å²) in [5.41, 5.74) is 5.36. The second-order valence-electron chi connectivity index (χ2n) is 4.50. The highest BCUT2D eigenvalue weighted by atomic mass is 32.3. The first-order chi connectivity index (χ1) is 9.35. The van der Waals surface area contributed by atoms with Crippen LogP contribution in [-0.4, -0.2) is 51.7 Å². The van der Waals surface area contributed by atoms with Gasteiger partial charge in [0.15, 0.2) is 0 Å². The summed E-state index contributed by atoms with van der Waals surface area (Å²) in [5, 5.41) is 4.10. The Morgan fingerprint density at radius 1 is 1.45 bits per heavy atom. The van der Waals surface area contributed by atoms with Gasteiger partial charge in [0.25, 0.3) is 11.8 Å². The van der Waals surface area contributed by atoms with Gasteiger partial charge >= 0.3 is 16.4 Å². The Hall–Kier alpha value is -1.92. The van der Waals surface area contributed by atoms with Gasteiger partial charge in [-0.05, 0) is 18.0 Å². The Morgan fingerprint density at radius 2 is 2.20 bits per heavy atom. The molecule has 11 nitrogen and oxygen atoms in total. The minimum Gasteiger partial charge on any atom is -0.365 e. The van der Waals surface area contributed by atoms with Crippen molar-refractivity contribution in [3.8, 4) is 0 Å². The van der Waals surface area contributed by atoms with E-state index in [4.69, 9.17) is 14.8 Å². The maximum atomic E-state index is 12.1. The van der Waals surface area contributed by atoms with Crippen molar-refractivity contribution in [1.29, 1.82) is 0 Å². The zero-order valence-corrected chi connectivity index (χ0v) is 10.9. The molecule has 0 radical (unpaired) electrons. The minimum atomic E-state index is -4.75. The monoisotopic (exact) mass is 305 g/mol. The summed E-state index contributed by atoms with van der Waals surface area (Å²) in [6.45, 7) is 0.237. The first-order valence-corrected chi connectivity index (χ1v) is 7.07. The van der Waals surface area contributed by atoms with Crippen LogP contribution in [0.15, 0.2) is 4.52 Å². The first-order valence-electron chi connectivity index (χ1n) is 5.71. The molecule has 2 atom stereocenters. The van der Waals surface area contributed by atoms with Gasteiger partial charge in [0.05, 0.1) is 6.04 Å². The number of carbonyl (C=O) groups excluding carboxylic acids is 1. The SMILES string of the molecule is Nc1noc([C@@H]2CC[C@@H]3CN2C(=O)N3OS(=O)(=O)O)n1. The molecule has 2 amide bonds. The number of carbonyl (C=O) groups is 1. The van der Waals surface area contributed by atoms with Crippen LogP contribution in [0.25, 0.3) is 0 Å². The van der Waals surface area contributed by atoms with Crippen LogP contribution in [0.4, 0.5) is 10.7 Å². The molecule has 0 unspecified atom stereocenters. The lowest BCUT2D eigenvalue weighted by molar-refractivity contribution is -0.0317. The van der Waals surface area contributed by atoms with Crippen LogP contribution in [0.5, 0.6) is 0 Å². The number of aromatic nitrogens is 2. The molecule has 3 rings (SSSR count). The molecule has 2 aliphatic rings. The fraction of sp³-hybridized carbons (Fsp3) is 0.625. The maximum absolute atomic E-state index is 12.1. The molecule has 1 aromatic rings. The van der Waals surface area contributed by atoms with Crippen molar-refractivity contribution in [2.24, 2.45) is 0 Å². The number of fused-ring (bicyclic) bond motifs is 2. The summed E-state index contributed by atoms with van der Waals surface area (Å²) in [4.78, 5) is 17.3. The Morgan fingerprint density at radius 3 is 2.80 bits per heavy atom. The van der Waals surface area contributed by atoms with E-state index in [1.807, 2.05) is 0 Å². The molecule has 0 aromatic carbocycles. The lowest BCUT2D eigenvalue weighted by atomic mass is 10.0. The number of urea groups is 1. The Balaban J connectivity index is 1.84. The van der Waals surface area contributed by atoms with Crippen molar-refractivity contribution < 1.29 is 26.6 Å². The summed E-state index contributed by atoms with van der Waals surface area (Å²) in [5.74, 6) is 0.141. The fourth-order valence-corrected chi connectivity index (χ4v) is 2.86. The maximum Gasteiger partial charge on any atom is 0.418 e. The van der Waals surface area contributed by atoms with Crippen LogP contribution in [0.3, 0.4) is 0 Å². The molecule has 20 heavy (non-hydrogen) atoms. The zero-order valence-electron chi connectivity index (χ0n) is 10.0. The lowest BCUT2D eigenvalue weighted by Crippen LogP contribution is -2.35. The number of nitrogens with two attached hydrogens (primary N) is 1. The second kappa shape index (κ2) is 4.29. The van der Waals surface area contributed by atoms with E-state index in [9.17, 15) is 13.2 Å². The molecule has 1 aromatic heterocycles. The smallest absolute Gasteiger partial charge is 0.365 e. The van der Waals surface area contributed by atoms with Crippen molar-refractivity contribution in [1.82, 2.24) is 20.1 Å². The Bertz CT molecular complexity index is 644. The average molecular weight is 305 g/mol. The molecule has 0 aliphatic carbocycles. The topological polar surface area (TPSA) is 152 Å². The number of hydrogen-bond donors (Lipinski definition) is 2. The van der Waals surface area contributed by atoms with Gasteiger partial charge in [-0.1, -0.05) is 0 Å². The molecule has 2 fully saturated rings. The first kappa shape index (κ1) is 13.1. The Kier molecular flexibility index (Phi) is 2.81. The van der Waals surface area contributed by atoms with Crippen molar-refractivity contribution in [3.05, 3.63) is 5.89 Å². The quantitative estimate of drug-likeness (QED) is 0.692. The minimum absolute atomic E-state index is 0.0418. The van der Waals surface area contributed by atoms with Crippen molar-refractivity contribution in [2.75, 3.05) is 12.3 Å². The fourth-order valence-electron chi connectivity index (χ4n) is 2.47. The molecule has 2 aliphatic heterocycles. The van der Waals surface area contributed by atoms with E-state index >= 15 is 0 Å². The molecule has 3 N–H and O–H groups in total. The number of nitrogens with zero attached hydrogens (tertiary/aromatic N) is 4. The van der Waals surface area contributed by atoms with E-state index in [2.05, 4.69) is 14.4 Å². The number of hydroxylamine groups is 2. The molecule has 0 spiro atoms. The summed E-state index contributed by atoms with van der Waals surface area (Å²) in [6, 6.07) is -1.63. The predicted molar refractivity (Wildman–Crippen MR) is 61.0 cm³/mol. The zero-order chi connectivity index (χ0) is 14.5. The summed E-state index contributed by atoms with van der Waals surface area (Å²) >= 11 is 0. The Labute approximate surface area is 113 Å². The normalized spacial score (nSPS) is 26.4. The van der Waals surface area contributed by atoms with Crippen LogP contribution in [0.2, 0.25) is 0 Å². The summed E-state index contributed by atoms with van der Waals surface area (Å²) in [7, 11) is -4.75. The van der Waals surface area contributed by atoms with Gasteiger partial charge in [-0.3, -0.25) is 4.55 Å². The highest BCUT2D eigenvalue weighted by Gasteiger charge is 2.49. The second-order valence-corrected chi connectivity index (χ2v) is 5.51. The van der Waals surface area contributed by atoms with E-state index in [1.165, 1.54) is 4.90 Å². The standard InChI is InChI=1S/C8H11N5O6S/c9-7-10-6(18-11-7)5-2-1-4-3-12(5)8(14)13(4)19-20(15,16)17/h4-5H,1-3H2,(H2,9,11)(H,15,16,17)/t4-,5+/m1/s1. The van der Waals surface area contributed by atoms with Gasteiger partial charge in [-0.25, -0.2) is 4.79 Å². The summed E-state index contributed by atoms with van der Waals surface area (Å²) < 4.78 is 39.4. The van der Waals surface area contributed by atoms with Gasteiger partial charge in [0.1, 0.15) is 6.04 Å². The van der Waals surface area contributed by atoms with Gasteiger partial charge in [-0.2, -0.15) is 18.5 Å². The van der Waals surface area contributed by atoms with Crippen molar-refractivity contribution in [2.45, 2.75) is 24.9 Å². The van der Waals surface area contributed by atoms with E-state index in [-0.39, 0.29) is 18.4 Å². The highest BCUT2D eigenvalue weighted by Crippen LogP contribution is 2.38. The van der Waals surface area contributed by atoms with Gasteiger partial charge in [0, 0.05) is 6.54 Å². The largest absolute Gasteiger partial charge is 0.418 e. The van der Waals surface area contributed by atoms with Crippen LogP contribution in [0.1, 0.15) is 24.8 Å². The molecular formula is C8H11N5O6S. The predicted octanol–water partition coefficient (Wildman–Crippen LogP) is -0.673. The summed E-state index contributed by atoms with van der Waals surface area (Å²) in [6.07, 6.45) is 0.952. The van der Waals surface area contributed by atoms with E-state index in [1.54, 1.807) is 0 Å². The molecule has 110 valence electrons. The molecule has 12 heteroatoms. The number of amides is 2. The molecule has 0 saturated carbocycles. The third-order valence-electron chi connectivity index (χ3n) is 3.24.